The normalized spacial score (nSPS) is 11.4. The molecule has 174 valence electrons. The first-order valence-electron chi connectivity index (χ1n) is 12.6. The SMILES string of the molecule is c1ccc2cc(-c3cccc4c(-c5ccc(Sc6cccc7ccccc67)cc5)cccc34)ccc2c1. The number of fused-ring (bicyclic) bond motifs is 3. The van der Waals surface area contributed by atoms with Crippen LogP contribution in [-0.4, -0.2) is 0 Å². The molecule has 37 heavy (non-hydrogen) atoms. The van der Waals surface area contributed by atoms with Crippen LogP contribution in [0.2, 0.25) is 0 Å². The van der Waals surface area contributed by atoms with E-state index in [1.165, 1.54) is 64.4 Å². The monoisotopic (exact) mass is 488 g/mol. The van der Waals surface area contributed by atoms with E-state index in [0.717, 1.165) is 0 Å². The van der Waals surface area contributed by atoms with E-state index in [4.69, 9.17) is 0 Å². The highest BCUT2D eigenvalue weighted by molar-refractivity contribution is 7.99. The van der Waals surface area contributed by atoms with Crippen LogP contribution in [0.5, 0.6) is 0 Å². The topological polar surface area (TPSA) is 0 Å². The minimum Gasteiger partial charge on any atom is -0.0895 e. The molecule has 1 heteroatoms. The van der Waals surface area contributed by atoms with Gasteiger partial charge >= 0.3 is 0 Å². The summed E-state index contributed by atoms with van der Waals surface area (Å²) in [5.41, 5.74) is 5.03. The van der Waals surface area contributed by atoms with Crippen molar-refractivity contribution in [1.82, 2.24) is 0 Å². The Balaban J connectivity index is 1.26. The average molecular weight is 489 g/mol. The molecule has 0 aliphatic heterocycles. The van der Waals surface area contributed by atoms with Gasteiger partial charge in [-0.2, -0.15) is 0 Å². The highest BCUT2D eigenvalue weighted by Gasteiger charge is 2.10. The van der Waals surface area contributed by atoms with E-state index in [2.05, 4.69) is 146 Å². The first kappa shape index (κ1) is 21.9. The number of hydrogen-bond donors (Lipinski definition) is 0. The van der Waals surface area contributed by atoms with Crippen LogP contribution in [0.1, 0.15) is 0 Å². The van der Waals surface area contributed by atoms with Crippen molar-refractivity contribution < 1.29 is 0 Å². The third-order valence-electron chi connectivity index (χ3n) is 7.13. The largest absolute Gasteiger partial charge is 0.0895 e. The predicted molar refractivity (Wildman–Crippen MR) is 160 cm³/mol. The van der Waals surface area contributed by atoms with Crippen molar-refractivity contribution >= 4 is 44.1 Å². The lowest BCUT2D eigenvalue weighted by Crippen LogP contribution is -1.86. The number of benzene rings is 7. The fraction of sp³-hybridized carbons (Fsp3) is 0. The molecule has 0 spiro atoms. The van der Waals surface area contributed by atoms with E-state index < -0.39 is 0 Å². The van der Waals surface area contributed by atoms with Crippen molar-refractivity contribution in [3.8, 4) is 22.3 Å². The van der Waals surface area contributed by atoms with E-state index in [0.29, 0.717) is 0 Å². The van der Waals surface area contributed by atoms with Gasteiger partial charge < -0.3 is 0 Å². The summed E-state index contributed by atoms with van der Waals surface area (Å²) in [5, 5.41) is 7.68. The molecule has 0 atom stereocenters. The van der Waals surface area contributed by atoms with Crippen molar-refractivity contribution in [2.24, 2.45) is 0 Å². The fourth-order valence-corrected chi connectivity index (χ4v) is 6.25. The second kappa shape index (κ2) is 9.28. The summed E-state index contributed by atoms with van der Waals surface area (Å²) < 4.78 is 0. The average Bonchev–Trinajstić information content (AvgIpc) is 2.97. The fourth-order valence-electron chi connectivity index (χ4n) is 5.28. The van der Waals surface area contributed by atoms with Gasteiger partial charge in [-0.1, -0.05) is 133 Å². The first-order valence-corrected chi connectivity index (χ1v) is 13.4. The summed E-state index contributed by atoms with van der Waals surface area (Å²) in [6.07, 6.45) is 0. The molecule has 0 saturated carbocycles. The molecule has 0 fully saturated rings. The molecule has 7 rings (SSSR count). The molecule has 0 nitrogen and oxygen atoms in total. The minimum atomic E-state index is 1.24. The van der Waals surface area contributed by atoms with Gasteiger partial charge in [0.25, 0.3) is 0 Å². The van der Waals surface area contributed by atoms with Crippen molar-refractivity contribution in [2.45, 2.75) is 9.79 Å². The Labute approximate surface area is 221 Å². The maximum absolute atomic E-state index is 2.30. The molecule has 0 aliphatic rings. The van der Waals surface area contributed by atoms with Gasteiger partial charge in [0, 0.05) is 9.79 Å². The highest BCUT2D eigenvalue weighted by Crippen LogP contribution is 2.38. The van der Waals surface area contributed by atoms with E-state index in [1.807, 2.05) is 11.8 Å². The summed E-state index contributed by atoms with van der Waals surface area (Å²) in [5.74, 6) is 0. The van der Waals surface area contributed by atoms with Crippen LogP contribution in [0.4, 0.5) is 0 Å². The van der Waals surface area contributed by atoms with Crippen LogP contribution >= 0.6 is 11.8 Å². The van der Waals surface area contributed by atoms with Crippen molar-refractivity contribution in [3.05, 3.63) is 146 Å². The van der Waals surface area contributed by atoms with Gasteiger partial charge in [0.05, 0.1) is 0 Å². The standard InChI is InChI=1S/C36H24S/c1-2-10-28-24-29(19-18-25(28)8-1)32-14-7-15-34-31(13-6-16-35(32)34)27-20-22-30(23-21-27)37-36-17-5-11-26-9-3-4-12-33(26)36/h1-24H. The molecular weight excluding hydrogens is 464 g/mol. The van der Waals surface area contributed by atoms with Crippen LogP contribution in [0.3, 0.4) is 0 Å². The van der Waals surface area contributed by atoms with Crippen LogP contribution < -0.4 is 0 Å². The van der Waals surface area contributed by atoms with Crippen LogP contribution in [0, 0.1) is 0 Å². The molecule has 0 saturated heterocycles. The van der Waals surface area contributed by atoms with Crippen LogP contribution in [0.15, 0.2) is 155 Å². The Hall–Kier alpha value is -4.33. The summed E-state index contributed by atoms with van der Waals surface area (Å²) >= 11 is 1.83. The molecule has 0 radical (unpaired) electrons. The van der Waals surface area contributed by atoms with Gasteiger partial charge in [0.15, 0.2) is 0 Å². The zero-order valence-corrected chi connectivity index (χ0v) is 21.1. The smallest absolute Gasteiger partial charge is 0.0200 e. The Morgan fingerprint density at radius 2 is 0.919 bits per heavy atom. The molecule has 0 N–H and O–H groups in total. The second-order valence-corrected chi connectivity index (χ2v) is 10.5. The van der Waals surface area contributed by atoms with Crippen molar-refractivity contribution in [2.75, 3.05) is 0 Å². The zero-order valence-electron chi connectivity index (χ0n) is 20.3. The molecule has 0 heterocycles. The molecule has 0 aliphatic carbocycles. The van der Waals surface area contributed by atoms with Gasteiger partial charge in [-0.3, -0.25) is 0 Å². The van der Waals surface area contributed by atoms with Gasteiger partial charge in [-0.05, 0) is 78.8 Å². The highest BCUT2D eigenvalue weighted by atomic mass is 32.2. The lowest BCUT2D eigenvalue weighted by Gasteiger charge is -2.13. The van der Waals surface area contributed by atoms with E-state index in [1.54, 1.807) is 0 Å². The third-order valence-corrected chi connectivity index (χ3v) is 8.21. The van der Waals surface area contributed by atoms with Crippen LogP contribution in [-0.2, 0) is 0 Å². The summed E-state index contributed by atoms with van der Waals surface area (Å²) in [6, 6.07) is 52.8. The van der Waals surface area contributed by atoms with Gasteiger partial charge in [-0.25, -0.2) is 0 Å². The lowest BCUT2D eigenvalue weighted by atomic mass is 9.92. The molecule has 0 aromatic heterocycles. The molecule has 0 unspecified atom stereocenters. The summed E-state index contributed by atoms with van der Waals surface area (Å²) in [4.78, 5) is 2.54. The van der Waals surface area contributed by atoms with Gasteiger partial charge in [-0.15, -0.1) is 0 Å². The first-order chi connectivity index (χ1) is 18.3. The van der Waals surface area contributed by atoms with Gasteiger partial charge in [0.1, 0.15) is 0 Å². The Morgan fingerprint density at radius 1 is 0.351 bits per heavy atom. The summed E-state index contributed by atoms with van der Waals surface area (Å²) in [7, 11) is 0. The predicted octanol–water partition coefficient (Wildman–Crippen LogP) is 10.6. The second-order valence-electron chi connectivity index (χ2n) is 9.37. The number of rotatable bonds is 4. The zero-order chi connectivity index (χ0) is 24.6. The lowest BCUT2D eigenvalue weighted by molar-refractivity contribution is 1.43. The molecule has 7 aromatic rings. The number of hydrogen-bond acceptors (Lipinski definition) is 1. The Kier molecular flexibility index (Phi) is 5.49. The Bertz CT molecular complexity index is 1890. The molecule has 7 aromatic carbocycles. The summed E-state index contributed by atoms with van der Waals surface area (Å²) in [6.45, 7) is 0. The quantitative estimate of drug-likeness (QED) is 0.237. The van der Waals surface area contributed by atoms with Crippen molar-refractivity contribution in [3.63, 3.8) is 0 Å². The molecule has 0 amide bonds. The Morgan fingerprint density at radius 3 is 1.70 bits per heavy atom. The van der Waals surface area contributed by atoms with E-state index in [9.17, 15) is 0 Å². The van der Waals surface area contributed by atoms with Crippen LogP contribution in [0.25, 0.3) is 54.6 Å². The minimum absolute atomic E-state index is 1.24. The molecule has 0 bridgehead atoms. The van der Waals surface area contributed by atoms with E-state index >= 15 is 0 Å². The van der Waals surface area contributed by atoms with Crippen molar-refractivity contribution in [1.29, 1.82) is 0 Å². The molecular formula is C36H24S. The third kappa shape index (κ3) is 4.08. The van der Waals surface area contributed by atoms with Gasteiger partial charge in [0.2, 0.25) is 0 Å². The van der Waals surface area contributed by atoms with E-state index in [-0.39, 0.29) is 0 Å². The maximum atomic E-state index is 2.30. The maximum Gasteiger partial charge on any atom is 0.0200 e.